The fourth-order valence-corrected chi connectivity index (χ4v) is 3.45. The molecule has 20 heavy (non-hydrogen) atoms. The summed E-state index contributed by atoms with van der Waals surface area (Å²) in [5.41, 5.74) is 7.69. The van der Waals surface area contributed by atoms with Gasteiger partial charge in [-0.1, -0.05) is 24.3 Å². The average Bonchev–Trinajstić information content (AvgIpc) is 2.46. The van der Waals surface area contributed by atoms with Crippen LogP contribution in [0.15, 0.2) is 51.8 Å². The number of hydrogen-bond donors (Lipinski definition) is 1. The van der Waals surface area contributed by atoms with Crippen LogP contribution in [0.25, 0.3) is 0 Å². The minimum absolute atomic E-state index is 0.0961. The molecule has 6 heteroatoms. The smallest absolute Gasteiger partial charge is 0.283 e. The minimum atomic E-state index is -0.382. The van der Waals surface area contributed by atoms with E-state index in [1.807, 2.05) is 30.3 Å². The second kappa shape index (κ2) is 6.88. The van der Waals surface area contributed by atoms with Gasteiger partial charge in [-0.3, -0.25) is 10.1 Å². The van der Waals surface area contributed by atoms with Crippen molar-refractivity contribution in [3.8, 4) is 0 Å². The van der Waals surface area contributed by atoms with Gasteiger partial charge in [-0.2, -0.15) is 0 Å². The largest absolute Gasteiger partial charge is 0.326 e. The molecule has 0 saturated carbocycles. The van der Waals surface area contributed by atoms with E-state index < -0.39 is 0 Å². The lowest BCUT2D eigenvalue weighted by atomic mass is 10.2. The highest BCUT2D eigenvalue weighted by molar-refractivity contribution is 9.10. The van der Waals surface area contributed by atoms with Crippen LogP contribution in [0.5, 0.6) is 0 Å². The van der Waals surface area contributed by atoms with Crippen LogP contribution >= 0.6 is 27.7 Å². The van der Waals surface area contributed by atoms with Crippen LogP contribution in [0.1, 0.15) is 11.1 Å². The molecule has 0 spiro atoms. The predicted octanol–water partition coefficient (Wildman–Crippen LogP) is 4.11. The fraction of sp³-hybridized carbons (Fsp3) is 0.143. The van der Waals surface area contributed by atoms with Crippen LogP contribution in [-0.4, -0.2) is 4.92 Å². The van der Waals surface area contributed by atoms with Crippen molar-refractivity contribution in [2.75, 3.05) is 0 Å². The van der Waals surface area contributed by atoms with Gasteiger partial charge in [0.25, 0.3) is 5.69 Å². The molecular formula is C14H13BrN2O2S. The number of nitrogens with zero attached hydrogens (tertiary/aromatic N) is 1. The summed E-state index contributed by atoms with van der Waals surface area (Å²) in [5, 5.41) is 10.9. The van der Waals surface area contributed by atoms with E-state index in [-0.39, 0.29) is 10.6 Å². The average molecular weight is 353 g/mol. The zero-order valence-corrected chi connectivity index (χ0v) is 13.0. The molecule has 2 aromatic rings. The number of nitrogens with two attached hydrogens (primary N) is 1. The van der Waals surface area contributed by atoms with Gasteiger partial charge in [0.05, 0.1) is 9.40 Å². The Labute approximate surface area is 129 Å². The molecule has 0 unspecified atom stereocenters. The van der Waals surface area contributed by atoms with Crippen LogP contribution in [0.4, 0.5) is 5.69 Å². The third-order valence-corrected chi connectivity index (χ3v) is 4.74. The molecule has 0 amide bonds. The van der Waals surface area contributed by atoms with E-state index >= 15 is 0 Å². The van der Waals surface area contributed by atoms with Gasteiger partial charge in [0.1, 0.15) is 0 Å². The highest BCUT2D eigenvalue weighted by Gasteiger charge is 2.14. The topological polar surface area (TPSA) is 69.2 Å². The van der Waals surface area contributed by atoms with E-state index in [0.717, 1.165) is 16.0 Å². The van der Waals surface area contributed by atoms with Crippen molar-refractivity contribution < 1.29 is 4.92 Å². The van der Waals surface area contributed by atoms with E-state index in [2.05, 4.69) is 15.9 Å². The number of benzene rings is 2. The Morgan fingerprint density at radius 2 is 2.00 bits per heavy atom. The first kappa shape index (κ1) is 15.0. The molecular weight excluding hydrogens is 340 g/mol. The van der Waals surface area contributed by atoms with E-state index in [4.69, 9.17) is 5.73 Å². The van der Waals surface area contributed by atoms with E-state index in [0.29, 0.717) is 16.8 Å². The van der Waals surface area contributed by atoms with Crippen molar-refractivity contribution in [2.24, 2.45) is 5.73 Å². The number of nitro benzene ring substituents is 1. The summed E-state index contributed by atoms with van der Waals surface area (Å²) in [6.45, 7) is 0.509. The minimum Gasteiger partial charge on any atom is -0.326 e. The van der Waals surface area contributed by atoms with Crippen molar-refractivity contribution in [3.63, 3.8) is 0 Å². The maximum Gasteiger partial charge on any atom is 0.283 e. The molecule has 2 rings (SSSR count). The zero-order chi connectivity index (χ0) is 14.5. The Morgan fingerprint density at radius 1 is 1.25 bits per heavy atom. The van der Waals surface area contributed by atoms with Gasteiger partial charge in [-0.25, -0.2) is 0 Å². The van der Waals surface area contributed by atoms with Gasteiger partial charge in [0.15, 0.2) is 0 Å². The number of nitro groups is 1. The van der Waals surface area contributed by atoms with Crippen LogP contribution in [-0.2, 0) is 12.3 Å². The van der Waals surface area contributed by atoms with Gasteiger partial charge in [-0.15, -0.1) is 11.8 Å². The maximum atomic E-state index is 10.9. The molecule has 0 heterocycles. The lowest BCUT2D eigenvalue weighted by Crippen LogP contribution is -1.95. The van der Waals surface area contributed by atoms with Crippen molar-refractivity contribution in [2.45, 2.75) is 17.2 Å². The van der Waals surface area contributed by atoms with Gasteiger partial charge < -0.3 is 5.73 Å². The molecule has 0 aliphatic rings. The molecule has 0 bridgehead atoms. The fourth-order valence-electron chi connectivity index (χ4n) is 1.74. The first-order valence-electron chi connectivity index (χ1n) is 5.95. The Bertz CT molecular complexity index is 634. The lowest BCUT2D eigenvalue weighted by Gasteiger charge is -2.06. The van der Waals surface area contributed by atoms with Crippen LogP contribution in [0.3, 0.4) is 0 Å². The summed E-state index contributed by atoms with van der Waals surface area (Å²) in [5.74, 6) is 0.663. The highest BCUT2D eigenvalue weighted by atomic mass is 79.9. The molecule has 0 atom stereocenters. The van der Waals surface area contributed by atoms with Crippen LogP contribution in [0.2, 0.25) is 0 Å². The van der Waals surface area contributed by atoms with E-state index in [1.54, 1.807) is 17.8 Å². The van der Waals surface area contributed by atoms with Gasteiger partial charge >= 0.3 is 0 Å². The number of halogens is 1. The molecule has 0 fully saturated rings. The molecule has 2 N–H and O–H groups in total. The van der Waals surface area contributed by atoms with Gasteiger partial charge in [-0.05, 0) is 39.2 Å². The third-order valence-electron chi connectivity index (χ3n) is 2.78. The molecule has 0 aliphatic heterocycles. The van der Waals surface area contributed by atoms with Gasteiger partial charge in [0, 0.05) is 23.3 Å². The zero-order valence-electron chi connectivity index (χ0n) is 10.6. The Hall–Kier alpha value is -1.37. The molecule has 0 aromatic heterocycles. The maximum absolute atomic E-state index is 10.9. The summed E-state index contributed by atoms with van der Waals surface area (Å²) in [4.78, 5) is 11.6. The third kappa shape index (κ3) is 3.59. The number of rotatable bonds is 5. The molecule has 104 valence electrons. The molecule has 4 nitrogen and oxygen atoms in total. The molecule has 0 saturated heterocycles. The second-order valence-electron chi connectivity index (χ2n) is 4.15. The number of thioether (sulfide) groups is 1. The summed E-state index contributed by atoms with van der Waals surface area (Å²) < 4.78 is 0.549. The quantitative estimate of drug-likeness (QED) is 0.499. The Morgan fingerprint density at radius 3 is 2.70 bits per heavy atom. The standard InChI is InChI=1S/C14H13BrN2O2S/c15-14-11(4-2-6-13(14)17(18)19)9-20-12-5-1-3-10(7-12)8-16/h1-7H,8-9,16H2. The van der Waals surface area contributed by atoms with Gasteiger partial charge in [0.2, 0.25) is 0 Å². The highest BCUT2D eigenvalue weighted by Crippen LogP contribution is 2.32. The molecule has 2 aromatic carbocycles. The van der Waals surface area contributed by atoms with Crippen molar-refractivity contribution in [3.05, 3.63) is 68.2 Å². The summed E-state index contributed by atoms with van der Waals surface area (Å²) in [6.07, 6.45) is 0. The monoisotopic (exact) mass is 352 g/mol. The molecule has 0 radical (unpaired) electrons. The second-order valence-corrected chi connectivity index (χ2v) is 5.99. The van der Waals surface area contributed by atoms with Crippen molar-refractivity contribution in [1.82, 2.24) is 0 Å². The first-order valence-corrected chi connectivity index (χ1v) is 7.73. The molecule has 0 aliphatic carbocycles. The van der Waals surface area contributed by atoms with Crippen molar-refractivity contribution in [1.29, 1.82) is 0 Å². The van der Waals surface area contributed by atoms with E-state index in [9.17, 15) is 10.1 Å². The van der Waals surface area contributed by atoms with Crippen molar-refractivity contribution >= 4 is 33.4 Å². The summed E-state index contributed by atoms with van der Waals surface area (Å²) in [7, 11) is 0. The number of hydrogen-bond acceptors (Lipinski definition) is 4. The predicted molar refractivity (Wildman–Crippen MR) is 84.7 cm³/mol. The SMILES string of the molecule is NCc1cccc(SCc2cccc([N+](=O)[O-])c2Br)c1. The van der Waals surface area contributed by atoms with Crippen LogP contribution < -0.4 is 5.73 Å². The summed E-state index contributed by atoms with van der Waals surface area (Å²) >= 11 is 4.94. The first-order chi connectivity index (χ1) is 9.61. The summed E-state index contributed by atoms with van der Waals surface area (Å²) in [6, 6.07) is 13.1. The Kier molecular flexibility index (Phi) is 5.17. The van der Waals surface area contributed by atoms with Crippen LogP contribution in [0, 0.1) is 10.1 Å². The normalized spacial score (nSPS) is 10.5. The van der Waals surface area contributed by atoms with E-state index in [1.165, 1.54) is 6.07 Å². The Balaban J connectivity index is 2.14. The lowest BCUT2D eigenvalue weighted by molar-refractivity contribution is -0.385.